The molecule has 96 valence electrons. The second-order valence-corrected chi connectivity index (χ2v) is 6.42. The fourth-order valence-corrected chi connectivity index (χ4v) is 3.42. The second-order valence-electron chi connectivity index (χ2n) is 4.37. The van der Waals surface area contributed by atoms with Gasteiger partial charge in [-0.15, -0.1) is 0 Å². The molecular weight excluding hydrogens is 246 g/mol. The third kappa shape index (κ3) is 2.40. The number of nitrogens with zero attached hydrogens (tertiary/aromatic N) is 1. The minimum atomic E-state index is -3.35. The molecule has 1 aromatic rings. The van der Waals surface area contributed by atoms with E-state index in [0.29, 0.717) is 11.3 Å². The van der Waals surface area contributed by atoms with Crippen LogP contribution in [0.3, 0.4) is 0 Å². The van der Waals surface area contributed by atoms with E-state index in [1.165, 1.54) is 4.31 Å². The summed E-state index contributed by atoms with van der Waals surface area (Å²) in [5, 5.41) is 0. The van der Waals surface area contributed by atoms with Crippen molar-refractivity contribution in [3.05, 3.63) is 59.0 Å². The minimum absolute atomic E-state index is 0.169. The summed E-state index contributed by atoms with van der Waals surface area (Å²) in [7, 11) is -1.72. The summed E-state index contributed by atoms with van der Waals surface area (Å²) in [5.41, 5.74) is 0.995. The Hall–Kier alpha value is -1.39. The van der Waals surface area contributed by atoms with Gasteiger partial charge in [-0.25, -0.2) is 8.42 Å². The normalized spacial score (nSPS) is 16.9. The number of allylic oxidation sites excluding steroid dienone is 4. The molecule has 0 bridgehead atoms. The Kier molecular flexibility index (Phi) is 3.68. The second kappa shape index (κ2) is 5.08. The van der Waals surface area contributed by atoms with E-state index < -0.39 is 10.0 Å². The topological polar surface area (TPSA) is 37.4 Å². The summed E-state index contributed by atoms with van der Waals surface area (Å²) in [4.78, 5) is 0.466. The van der Waals surface area contributed by atoms with Crippen molar-refractivity contribution in [2.45, 2.75) is 19.4 Å². The highest BCUT2D eigenvalue weighted by molar-refractivity contribution is 7.93. The Balaban J connectivity index is 2.24. The molecule has 1 atom stereocenters. The molecule has 0 aliphatic heterocycles. The van der Waals surface area contributed by atoms with Crippen LogP contribution in [0.25, 0.3) is 0 Å². The lowest BCUT2D eigenvalue weighted by molar-refractivity contribution is 0.402. The molecule has 0 N–H and O–H groups in total. The highest BCUT2D eigenvalue weighted by Gasteiger charge is 2.28. The van der Waals surface area contributed by atoms with Crippen LogP contribution in [0.4, 0.5) is 0 Å². The Morgan fingerprint density at radius 3 is 2.44 bits per heavy atom. The zero-order chi connectivity index (χ0) is 13.2. The van der Waals surface area contributed by atoms with Gasteiger partial charge in [0.05, 0.1) is 4.91 Å². The largest absolute Gasteiger partial charge is 0.239 e. The number of sulfonamides is 1. The monoisotopic (exact) mass is 263 g/mol. The van der Waals surface area contributed by atoms with Crippen LogP contribution in [0.2, 0.25) is 0 Å². The van der Waals surface area contributed by atoms with Gasteiger partial charge in [-0.1, -0.05) is 42.5 Å². The van der Waals surface area contributed by atoms with E-state index in [-0.39, 0.29) is 6.04 Å². The van der Waals surface area contributed by atoms with Crippen LogP contribution < -0.4 is 0 Å². The number of hydrogen-bond acceptors (Lipinski definition) is 2. The standard InChI is InChI=1S/C14H17NO2S/c1-12(13-8-4-3-5-9-13)15(2)18(16,17)14-10-6-7-11-14/h3-10,12H,11H2,1-2H3/t12-/m1/s1. The minimum Gasteiger partial charge on any atom is -0.207 e. The van der Waals surface area contributed by atoms with Crippen molar-refractivity contribution in [3.63, 3.8) is 0 Å². The summed E-state index contributed by atoms with van der Waals surface area (Å²) in [5.74, 6) is 0. The van der Waals surface area contributed by atoms with E-state index in [2.05, 4.69) is 0 Å². The molecule has 4 heteroatoms. The average Bonchev–Trinajstić information content (AvgIpc) is 2.92. The number of hydrogen-bond donors (Lipinski definition) is 0. The van der Waals surface area contributed by atoms with E-state index in [1.54, 1.807) is 19.2 Å². The fourth-order valence-electron chi connectivity index (χ4n) is 1.95. The van der Waals surface area contributed by atoms with Gasteiger partial charge in [0.25, 0.3) is 0 Å². The Morgan fingerprint density at radius 2 is 1.89 bits per heavy atom. The van der Waals surface area contributed by atoms with Gasteiger partial charge in [0.2, 0.25) is 10.0 Å². The first kappa shape index (κ1) is 13.1. The van der Waals surface area contributed by atoms with Crippen LogP contribution in [0, 0.1) is 0 Å². The van der Waals surface area contributed by atoms with Crippen molar-refractivity contribution in [1.29, 1.82) is 0 Å². The predicted molar refractivity (Wildman–Crippen MR) is 73.4 cm³/mol. The van der Waals surface area contributed by atoms with Crippen molar-refractivity contribution < 1.29 is 8.42 Å². The zero-order valence-corrected chi connectivity index (χ0v) is 11.4. The summed E-state index contributed by atoms with van der Waals surface area (Å²) in [6.45, 7) is 1.90. The highest BCUT2D eigenvalue weighted by Crippen LogP contribution is 2.27. The summed E-state index contributed by atoms with van der Waals surface area (Å²) in [6.07, 6.45) is 5.81. The van der Waals surface area contributed by atoms with Gasteiger partial charge >= 0.3 is 0 Å². The van der Waals surface area contributed by atoms with Gasteiger partial charge in [-0.2, -0.15) is 4.31 Å². The lowest BCUT2D eigenvalue weighted by atomic mass is 10.1. The van der Waals surface area contributed by atoms with Gasteiger partial charge in [-0.3, -0.25) is 0 Å². The third-order valence-corrected chi connectivity index (χ3v) is 5.31. The quantitative estimate of drug-likeness (QED) is 0.837. The van der Waals surface area contributed by atoms with E-state index in [4.69, 9.17) is 0 Å². The highest BCUT2D eigenvalue weighted by atomic mass is 32.2. The van der Waals surface area contributed by atoms with Crippen LogP contribution in [0.15, 0.2) is 53.5 Å². The Morgan fingerprint density at radius 1 is 1.22 bits per heavy atom. The Bertz CT molecular complexity index is 573. The van der Waals surface area contributed by atoms with Crippen LogP contribution in [-0.2, 0) is 10.0 Å². The first-order chi connectivity index (χ1) is 8.53. The third-order valence-electron chi connectivity index (χ3n) is 3.28. The maximum absolute atomic E-state index is 12.4. The number of rotatable bonds is 4. The molecule has 0 fully saturated rings. The maximum atomic E-state index is 12.4. The van der Waals surface area contributed by atoms with E-state index in [9.17, 15) is 8.42 Å². The first-order valence-electron chi connectivity index (χ1n) is 5.92. The molecule has 0 heterocycles. The van der Waals surface area contributed by atoms with Crippen LogP contribution in [0.1, 0.15) is 24.9 Å². The van der Waals surface area contributed by atoms with Crippen molar-refractivity contribution in [2.24, 2.45) is 0 Å². The van der Waals surface area contributed by atoms with Gasteiger partial charge in [0, 0.05) is 19.5 Å². The lowest BCUT2D eigenvalue weighted by Crippen LogP contribution is -2.30. The fraction of sp³-hybridized carbons (Fsp3) is 0.286. The maximum Gasteiger partial charge on any atom is 0.239 e. The molecule has 1 aliphatic rings. The molecule has 18 heavy (non-hydrogen) atoms. The van der Waals surface area contributed by atoms with Crippen LogP contribution >= 0.6 is 0 Å². The summed E-state index contributed by atoms with van der Waals surface area (Å²) < 4.78 is 26.2. The lowest BCUT2D eigenvalue weighted by Gasteiger charge is -2.25. The molecule has 1 aromatic carbocycles. The van der Waals surface area contributed by atoms with Crippen LogP contribution in [0.5, 0.6) is 0 Å². The van der Waals surface area contributed by atoms with Crippen LogP contribution in [-0.4, -0.2) is 19.8 Å². The van der Waals surface area contributed by atoms with Crippen molar-refractivity contribution >= 4 is 10.0 Å². The van der Waals surface area contributed by atoms with Gasteiger partial charge in [0.15, 0.2) is 0 Å². The molecule has 0 unspecified atom stereocenters. The van der Waals surface area contributed by atoms with Crippen molar-refractivity contribution in [2.75, 3.05) is 7.05 Å². The number of benzene rings is 1. The molecule has 1 aliphatic carbocycles. The summed E-state index contributed by atoms with van der Waals surface area (Å²) >= 11 is 0. The zero-order valence-electron chi connectivity index (χ0n) is 10.6. The molecule has 0 saturated heterocycles. The molecule has 3 nitrogen and oxygen atoms in total. The van der Waals surface area contributed by atoms with Crippen molar-refractivity contribution in [3.8, 4) is 0 Å². The van der Waals surface area contributed by atoms with E-state index >= 15 is 0 Å². The molecule has 0 spiro atoms. The molecular formula is C14H17NO2S. The molecule has 0 saturated carbocycles. The predicted octanol–water partition coefficient (Wildman–Crippen LogP) is 2.85. The van der Waals surface area contributed by atoms with Crippen molar-refractivity contribution in [1.82, 2.24) is 4.31 Å². The van der Waals surface area contributed by atoms with Gasteiger partial charge in [0.1, 0.15) is 0 Å². The van der Waals surface area contributed by atoms with E-state index in [0.717, 1.165) is 5.56 Å². The SMILES string of the molecule is C[C@H](c1ccccc1)N(C)S(=O)(=O)C1=CC=CC1. The molecule has 0 radical (unpaired) electrons. The molecule has 0 aromatic heterocycles. The summed E-state index contributed by atoms with van der Waals surface area (Å²) in [6, 6.07) is 9.48. The first-order valence-corrected chi connectivity index (χ1v) is 7.36. The van der Waals surface area contributed by atoms with Gasteiger partial charge in [-0.05, 0) is 18.6 Å². The van der Waals surface area contributed by atoms with Gasteiger partial charge < -0.3 is 0 Å². The average molecular weight is 263 g/mol. The Labute approximate surface area is 108 Å². The molecule has 2 rings (SSSR count). The smallest absolute Gasteiger partial charge is 0.207 e. The van der Waals surface area contributed by atoms with E-state index in [1.807, 2.05) is 43.3 Å². The molecule has 0 amide bonds.